The number of anilines is 1. The first kappa shape index (κ1) is 18.9. The van der Waals surface area contributed by atoms with Crippen molar-refractivity contribution in [2.45, 2.75) is 46.7 Å². The van der Waals surface area contributed by atoms with Crippen LogP contribution in [0.15, 0.2) is 36.8 Å². The second-order valence-corrected chi connectivity index (χ2v) is 7.51. The lowest BCUT2D eigenvalue weighted by molar-refractivity contribution is 0.252. The van der Waals surface area contributed by atoms with Crippen LogP contribution in [0.5, 0.6) is 0 Å². The zero-order valence-corrected chi connectivity index (χ0v) is 16.4. The highest BCUT2D eigenvalue weighted by molar-refractivity contribution is 5.92. The van der Waals surface area contributed by atoms with E-state index in [1.807, 2.05) is 16.7 Å². The number of aromatic nitrogens is 4. The second-order valence-electron chi connectivity index (χ2n) is 7.51. The van der Waals surface area contributed by atoms with Crippen LogP contribution in [0.2, 0.25) is 0 Å². The summed E-state index contributed by atoms with van der Waals surface area (Å²) < 4.78 is 4.25. The van der Waals surface area contributed by atoms with Gasteiger partial charge in [-0.15, -0.1) is 10.2 Å². The van der Waals surface area contributed by atoms with Gasteiger partial charge in [0, 0.05) is 48.3 Å². The quantitative estimate of drug-likeness (QED) is 0.665. The van der Waals surface area contributed by atoms with Gasteiger partial charge in [-0.3, -0.25) is 0 Å². The van der Waals surface area contributed by atoms with Gasteiger partial charge in [-0.25, -0.2) is 4.79 Å². The van der Waals surface area contributed by atoms with Gasteiger partial charge >= 0.3 is 6.03 Å². The van der Waals surface area contributed by atoms with E-state index in [0.29, 0.717) is 24.9 Å². The van der Waals surface area contributed by atoms with E-state index in [1.54, 1.807) is 6.33 Å². The number of hydrogen-bond acceptors (Lipinski definition) is 3. The van der Waals surface area contributed by atoms with Crippen molar-refractivity contribution < 1.29 is 4.79 Å². The molecule has 27 heavy (non-hydrogen) atoms. The molecule has 0 aliphatic heterocycles. The molecule has 7 nitrogen and oxygen atoms in total. The fourth-order valence-corrected chi connectivity index (χ4v) is 3.17. The van der Waals surface area contributed by atoms with Crippen molar-refractivity contribution in [3.05, 3.63) is 42.6 Å². The van der Waals surface area contributed by atoms with Crippen molar-refractivity contribution >= 4 is 22.6 Å². The molecule has 0 unspecified atom stereocenters. The van der Waals surface area contributed by atoms with E-state index < -0.39 is 0 Å². The summed E-state index contributed by atoms with van der Waals surface area (Å²) in [4.78, 5) is 12.2. The Bertz CT molecular complexity index is 908. The van der Waals surface area contributed by atoms with E-state index >= 15 is 0 Å². The third-order valence-electron chi connectivity index (χ3n) is 4.43. The largest absolute Gasteiger partial charge is 0.347 e. The van der Waals surface area contributed by atoms with Crippen molar-refractivity contribution in [3.63, 3.8) is 0 Å². The molecule has 0 bridgehead atoms. The average molecular weight is 368 g/mol. The number of nitrogens with zero attached hydrogens (tertiary/aromatic N) is 4. The van der Waals surface area contributed by atoms with Gasteiger partial charge in [0.1, 0.15) is 12.2 Å². The number of carbonyl (C=O) groups excluding carboxylic acids is 1. The van der Waals surface area contributed by atoms with E-state index in [4.69, 9.17) is 0 Å². The Morgan fingerprint density at radius 2 is 2.00 bits per heavy atom. The van der Waals surface area contributed by atoms with Crippen molar-refractivity contribution in [1.82, 2.24) is 24.6 Å². The molecule has 0 radical (unpaired) electrons. The molecule has 1 aromatic carbocycles. The van der Waals surface area contributed by atoms with Gasteiger partial charge in [0.05, 0.1) is 0 Å². The summed E-state index contributed by atoms with van der Waals surface area (Å²) in [6.45, 7) is 10.1. The minimum absolute atomic E-state index is 0.216. The molecular weight excluding hydrogens is 340 g/mol. The molecule has 0 aliphatic carbocycles. The van der Waals surface area contributed by atoms with Crippen LogP contribution in [-0.4, -0.2) is 31.9 Å². The summed E-state index contributed by atoms with van der Waals surface area (Å²) in [6.07, 6.45) is 4.46. The lowest BCUT2D eigenvalue weighted by Gasteiger charge is -2.11. The fraction of sp³-hybridized carbons (Fsp3) is 0.450. The SMILES string of the molecule is CC(C)Cn1ccc2cc(NC(=O)NCCc3nncn3C(C)C)ccc21. The molecule has 144 valence electrons. The van der Waals surface area contributed by atoms with Crippen molar-refractivity contribution in [2.24, 2.45) is 5.92 Å². The maximum atomic E-state index is 12.2. The van der Waals surface area contributed by atoms with E-state index in [1.165, 1.54) is 5.52 Å². The van der Waals surface area contributed by atoms with Crippen LogP contribution < -0.4 is 10.6 Å². The lowest BCUT2D eigenvalue weighted by Crippen LogP contribution is -2.31. The van der Waals surface area contributed by atoms with Crippen LogP contribution in [-0.2, 0) is 13.0 Å². The molecule has 3 aromatic rings. The number of hydrogen-bond donors (Lipinski definition) is 2. The Hall–Kier alpha value is -2.83. The summed E-state index contributed by atoms with van der Waals surface area (Å²) in [5.41, 5.74) is 1.97. The van der Waals surface area contributed by atoms with E-state index in [2.05, 4.69) is 71.4 Å². The lowest BCUT2D eigenvalue weighted by atomic mass is 10.2. The Morgan fingerprint density at radius 1 is 1.19 bits per heavy atom. The number of rotatable bonds is 7. The number of amides is 2. The summed E-state index contributed by atoms with van der Waals surface area (Å²) >= 11 is 0. The maximum Gasteiger partial charge on any atom is 0.319 e. The fourth-order valence-electron chi connectivity index (χ4n) is 3.17. The Balaban J connectivity index is 1.55. The molecule has 0 fully saturated rings. The highest BCUT2D eigenvalue weighted by atomic mass is 16.2. The molecule has 0 saturated heterocycles. The van der Waals surface area contributed by atoms with Crippen LogP contribution >= 0.6 is 0 Å². The highest BCUT2D eigenvalue weighted by Gasteiger charge is 2.09. The van der Waals surface area contributed by atoms with Crippen LogP contribution in [0.3, 0.4) is 0 Å². The molecule has 0 atom stereocenters. The second kappa shape index (κ2) is 8.24. The van der Waals surface area contributed by atoms with Crippen molar-refractivity contribution in [3.8, 4) is 0 Å². The van der Waals surface area contributed by atoms with E-state index in [9.17, 15) is 4.79 Å². The third kappa shape index (κ3) is 4.67. The molecule has 0 aliphatic rings. The Kier molecular flexibility index (Phi) is 5.78. The number of benzene rings is 1. The van der Waals surface area contributed by atoms with Crippen LogP contribution in [0, 0.1) is 5.92 Å². The normalized spacial score (nSPS) is 11.5. The first-order valence-corrected chi connectivity index (χ1v) is 9.46. The summed E-state index contributed by atoms with van der Waals surface area (Å²) in [7, 11) is 0. The van der Waals surface area contributed by atoms with Gasteiger partial charge in [0.15, 0.2) is 0 Å². The minimum Gasteiger partial charge on any atom is -0.347 e. The summed E-state index contributed by atoms with van der Waals surface area (Å²) in [5, 5.41) is 15.0. The van der Waals surface area contributed by atoms with Crippen molar-refractivity contribution in [1.29, 1.82) is 0 Å². The molecule has 2 N–H and O–H groups in total. The topological polar surface area (TPSA) is 76.8 Å². The maximum absolute atomic E-state index is 12.2. The van der Waals surface area contributed by atoms with E-state index in [0.717, 1.165) is 23.4 Å². The minimum atomic E-state index is -0.216. The van der Waals surface area contributed by atoms with E-state index in [-0.39, 0.29) is 6.03 Å². The van der Waals surface area contributed by atoms with Crippen molar-refractivity contribution in [2.75, 3.05) is 11.9 Å². The van der Waals surface area contributed by atoms with Gasteiger partial charge < -0.3 is 19.8 Å². The molecule has 2 amide bonds. The Labute approximate surface area is 159 Å². The number of urea groups is 1. The molecular formula is C20H28N6O. The highest BCUT2D eigenvalue weighted by Crippen LogP contribution is 2.21. The monoisotopic (exact) mass is 368 g/mol. The first-order chi connectivity index (χ1) is 12.9. The number of nitrogens with one attached hydrogen (secondary N) is 2. The molecule has 0 spiro atoms. The zero-order chi connectivity index (χ0) is 19.4. The molecule has 2 aromatic heterocycles. The summed E-state index contributed by atoms with van der Waals surface area (Å²) in [6, 6.07) is 8.16. The predicted octanol–water partition coefficient (Wildman–Crippen LogP) is 3.83. The Morgan fingerprint density at radius 3 is 2.74 bits per heavy atom. The van der Waals surface area contributed by atoms with Gasteiger partial charge in [-0.05, 0) is 44.0 Å². The first-order valence-electron chi connectivity index (χ1n) is 9.46. The molecule has 0 saturated carbocycles. The van der Waals surface area contributed by atoms with Crippen LogP contribution in [0.25, 0.3) is 10.9 Å². The smallest absolute Gasteiger partial charge is 0.319 e. The van der Waals surface area contributed by atoms with Crippen LogP contribution in [0.1, 0.15) is 39.6 Å². The molecule has 2 heterocycles. The average Bonchev–Trinajstić information content (AvgIpc) is 3.21. The van der Waals surface area contributed by atoms with Gasteiger partial charge in [-0.2, -0.15) is 0 Å². The zero-order valence-electron chi connectivity index (χ0n) is 16.4. The van der Waals surface area contributed by atoms with Crippen LogP contribution in [0.4, 0.5) is 10.5 Å². The molecule has 3 rings (SSSR count). The summed E-state index contributed by atoms with van der Waals surface area (Å²) in [5.74, 6) is 1.46. The predicted molar refractivity (Wildman–Crippen MR) is 108 cm³/mol. The van der Waals surface area contributed by atoms with Gasteiger partial charge in [0.25, 0.3) is 0 Å². The third-order valence-corrected chi connectivity index (χ3v) is 4.43. The molecule has 7 heteroatoms. The standard InChI is InChI=1S/C20H28N6O/c1-14(2)12-25-10-8-16-11-17(5-6-18(16)25)23-20(27)21-9-7-19-24-22-13-26(19)15(3)4/h5-6,8,10-11,13-15H,7,9,12H2,1-4H3,(H2,21,23,27). The number of carbonyl (C=O) groups is 1. The van der Waals surface area contributed by atoms with Gasteiger partial charge in [0.2, 0.25) is 0 Å². The van der Waals surface area contributed by atoms with Gasteiger partial charge in [-0.1, -0.05) is 13.8 Å². The number of fused-ring (bicyclic) bond motifs is 1.